The van der Waals surface area contributed by atoms with Gasteiger partial charge in [-0.25, -0.2) is 4.98 Å². The molecule has 0 saturated heterocycles. The summed E-state index contributed by atoms with van der Waals surface area (Å²) in [6.07, 6.45) is 7.62. The molecule has 0 N–H and O–H groups in total. The molecule has 0 aliphatic carbocycles. The maximum absolute atomic E-state index is 6.22. The lowest BCUT2D eigenvalue weighted by atomic mass is 10.0. The van der Waals surface area contributed by atoms with Crippen molar-refractivity contribution >= 4 is 27.6 Å². The van der Waals surface area contributed by atoms with Crippen molar-refractivity contribution in [2.75, 3.05) is 24.6 Å². The molecule has 0 aliphatic heterocycles. The molecule has 3 aromatic carbocycles. The van der Waals surface area contributed by atoms with Crippen LogP contribution in [0.15, 0.2) is 59.0 Å². The summed E-state index contributed by atoms with van der Waals surface area (Å²) in [4.78, 5) is 7.09. The van der Waals surface area contributed by atoms with Crippen LogP contribution in [0.3, 0.4) is 0 Å². The fourth-order valence-corrected chi connectivity index (χ4v) is 4.42. The first kappa shape index (κ1) is 23.2. The van der Waals surface area contributed by atoms with E-state index in [4.69, 9.17) is 14.1 Å². The van der Waals surface area contributed by atoms with Gasteiger partial charge in [-0.1, -0.05) is 51.2 Å². The van der Waals surface area contributed by atoms with Crippen molar-refractivity contribution < 1.29 is 9.15 Å². The van der Waals surface area contributed by atoms with Crippen molar-refractivity contribution in [3.63, 3.8) is 0 Å². The number of ether oxygens (including phenoxy) is 1. The molecule has 0 fully saturated rings. The highest BCUT2D eigenvalue weighted by Crippen LogP contribution is 2.33. The number of hydrogen-bond acceptors (Lipinski definition) is 4. The molecular formula is C29H36N2O2. The smallest absolute Gasteiger partial charge is 0.227 e. The van der Waals surface area contributed by atoms with Crippen molar-refractivity contribution in [1.82, 2.24) is 4.98 Å². The van der Waals surface area contributed by atoms with Crippen LogP contribution in [0.4, 0.5) is 5.69 Å². The highest BCUT2D eigenvalue weighted by molar-refractivity contribution is 5.96. The van der Waals surface area contributed by atoms with Gasteiger partial charge in [-0.3, -0.25) is 0 Å². The van der Waals surface area contributed by atoms with Crippen LogP contribution < -0.4 is 9.64 Å². The predicted molar refractivity (Wildman–Crippen MR) is 139 cm³/mol. The highest BCUT2D eigenvalue weighted by Gasteiger charge is 2.13. The summed E-state index contributed by atoms with van der Waals surface area (Å²) in [5.41, 5.74) is 3.89. The van der Waals surface area contributed by atoms with Gasteiger partial charge in [0.25, 0.3) is 0 Å². The Bertz CT molecular complexity index is 1180. The highest BCUT2D eigenvalue weighted by atomic mass is 16.5. The van der Waals surface area contributed by atoms with E-state index in [1.807, 2.05) is 0 Å². The minimum absolute atomic E-state index is 0.660. The number of nitrogens with zero attached hydrogens (tertiary/aromatic N) is 2. The fourth-order valence-electron chi connectivity index (χ4n) is 4.42. The molecule has 0 aliphatic rings. The molecule has 4 heteroatoms. The Morgan fingerprint density at radius 3 is 2.48 bits per heavy atom. The number of rotatable bonds is 12. The number of oxazole rings is 1. The van der Waals surface area contributed by atoms with Crippen LogP contribution in [-0.2, 0) is 0 Å². The van der Waals surface area contributed by atoms with Gasteiger partial charge in [-0.05, 0) is 67.4 Å². The van der Waals surface area contributed by atoms with E-state index in [1.165, 1.54) is 37.8 Å². The van der Waals surface area contributed by atoms with Gasteiger partial charge in [-0.2, -0.15) is 0 Å². The maximum atomic E-state index is 6.22. The normalized spacial score (nSPS) is 11.4. The first-order chi connectivity index (χ1) is 16.2. The first-order valence-electron chi connectivity index (χ1n) is 12.5. The van der Waals surface area contributed by atoms with E-state index in [1.54, 1.807) is 0 Å². The van der Waals surface area contributed by atoms with E-state index in [-0.39, 0.29) is 0 Å². The molecule has 0 bridgehead atoms. The molecule has 4 aromatic rings. The van der Waals surface area contributed by atoms with Crippen LogP contribution in [0.5, 0.6) is 5.75 Å². The van der Waals surface area contributed by atoms with Crippen molar-refractivity contribution in [3.8, 4) is 17.2 Å². The van der Waals surface area contributed by atoms with Crippen LogP contribution >= 0.6 is 0 Å². The lowest BCUT2D eigenvalue weighted by molar-refractivity contribution is 0.305. The molecule has 33 heavy (non-hydrogen) atoms. The van der Waals surface area contributed by atoms with E-state index in [0.29, 0.717) is 5.89 Å². The Labute approximate surface area is 197 Å². The number of hydrogen-bond donors (Lipinski definition) is 0. The zero-order valence-electron chi connectivity index (χ0n) is 20.3. The van der Waals surface area contributed by atoms with Crippen molar-refractivity contribution in [2.24, 2.45) is 0 Å². The van der Waals surface area contributed by atoms with Crippen LogP contribution in [-0.4, -0.2) is 24.7 Å². The van der Waals surface area contributed by atoms with Crippen LogP contribution in [0, 0.1) is 0 Å². The molecule has 4 nitrogen and oxygen atoms in total. The van der Waals surface area contributed by atoms with Gasteiger partial charge in [0.1, 0.15) is 11.3 Å². The zero-order valence-corrected chi connectivity index (χ0v) is 20.3. The third-order valence-electron chi connectivity index (χ3n) is 6.35. The summed E-state index contributed by atoms with van der Waals surface area (Å²) >= 11 is 0. The topological polar surface area (TPSA) is 38.5 Å². The third-order valence-corrected chi connectivity index (χ3v) is 6.35. The lowest BCUT2D eigenvalue weighted by Crippen LogP contribution is -2.21. The average Bonchev–Trinajstić information content (AvgIpc) is 3.27. The van der Waals surface area contributed by atoms with E-state index in [2.05, 4.69) is 80.3 Å². The van der Waals surface area contributed by atoms with E-state index < -0.39 is 0 Å². The molecular weight excluding hydrogens is 408 g/mol. The molecule has 0 saturated carbocycles. The van der Waals surface area contributed by atoms with E-state index >= 15 is 0 Å². The molecule has 0 amide bonds. The van der Waals surface area contributed by atoms with Crippen molar-refractivity contribution in [2.45, 2.75) is 59.3 Å². The SMILES string of the molecule is CCCCCCCCOc1ccc2c(-c3nc4ccc(N(CC)CC)cc4o3)cccc2c1. The molecule has 0 radical (unpaired) electrons. The monoisotopic (exact) mass is 444 g/mol. The van der Waals surface area contributed by atoms with E-state index in [0.717, 1.165) is 59.3 Å². The predicted octanol–water partition coefficient (Wildman–Crippen LogP) is 8.23. The Kier molecular flexibility index (Phi) is 7.87. The second kappa shape index (κ2) is 11.2. The van der Waals surface area contributed by atoms with Gasteiger partial charge >= 0.3 is 0 Å². The Morgan fingerprint density at radius 1 is 0.848 bits per heavy atom. The Hall–Kier alpha value is -3.01. The standard InChI is InChI=1S/C29H36N2O2/c1-4-7-8-9-10-11-19-32-24-16-17-25-22(20-24)13-12-14-26(25)29-30-27-18-15-23(21-28(27)33-29)31(5-2)6-3/h12-18,20-21H,4-11,19H2,1-3H3. The number of unbranched alkanes of at least 4 members (excludes halogenated alkanes) is 5. The first-order valence-corrected chi connectivity index (χ1v) is 12.5. The van der Waals surface area contributed by atoms with Crippen LogP contribution in [0.2, 0.25) is 0 Å². The quantitative estimate of drug-likeness (QED) is 0.206. The van der Waals surface area contributed by atoms with Gasteiger partial charge in [0.15, 0.2) is 5.58 Å². The largest absolute Gasteiger partial charge is 0.494 e. The van der Waals surface area contributed by atoms with Crippen LogP contribution in [0.1, 0.15) is 59.3 Å². The summed E-state index contributed by atoms with van der Waals surface area (Å²) < 4.78 is 12.3. The summed E-state index contributed by atoms with van der Waals surface area (Å²) in [5.74, 6) is 1.59. The minimum atomic E-state index is 0.660. The lowest BCUT2D eigenvalue weighted by Gasteiger charge is -2.20. The number of fused-ring (bicyclic) bond motifs is 2. The maximum Gasteiger partial charge on any atom is 0.227 e. The average molecular weight is 445 g/mol. The van der Waals surface area contributed by atoms with Gasteiger partial charge in [0, 0.05) is 30.4 Å². The van der Waals surface area contributed by atoms with E-state index in [9.17, 15) is 0 Å². The summed E-state index contributed by atoms with van der Waals surface area (Å²) in [5, 5.41) is 2.26. The van der Waals surface area contributed by atoms with Gasteiger partial charge in [-0.15, -0.1) is 0 Å². The molecule has 1 aromatic heterocycles. The second-order valence-corrected chi connectivity index (χ2v) is 8.65. The van der Waals surface area contributed by atoms with Gasteiger partial charge in [0.05, 0.1) is 6.61 Å². The number of aromatic nitrogens is 1. The molecule has 1 heterocycles. The summed E-state index contributed by atoms with van der Waals surface area (Å²) in [7, 11) is 0. The number of anilines is 1. The van der Waals surface area contributed by atoms with Gasteiger partial charge in [0.2, 0.25) is 5.89 Å². The Morgan fingerprint density at radius 2 is 1.67 bits per heavy atom. The zero-order chi connectivity index (χ0) is 23.0. The van der Waals surface area contributed by atoms with Crippen LogP contribution in [0.25, 0.3) is 33.3 Å². The molecule has 0 spiro atoms. The molecule has 4 rings (SSSR count). The second-order valence-electron chi connectivity index (χ2n) is 8.65. The van der Waals surface area contributed by atoms with Crippen molar-refractivity contribution in [1.29, 1.82) is 0 Å². The van der Waals surface area contributed by atoms with Gasteiger partial charge < -0.3 is 14.1 Å². The summed E-state index contributed by atoms with van der Waals surface area (Å²) in [6, 6.07) is 18.8. The fraction of sp³-hybridized carbons (Fsp3) is 0.414. The Balaban J connectivity index is 1.50. The molecule has 0 atom stereocenters. The number of benzene rings is 3. The third kappa shape index (κ3) is 5.50. The molecule has 0 unspecified atom stereocenters. The minimum Gasteiger partial charge on any atom is -0.494 e. The van der Waals surface area contributed by atoms with Crippen molar-refractivity contribution in [3.05, 3.63) is 54.6 Å². The summed E-state index contributed by atoms with van der Waals surface area (Å²) in [6.45, 7) is 9.30. The molecule has 174 valence electrons.